The molecule has 5 nitrogen and oxygen atoms in total. The number of amides is 1. The van der Waals surface area contributed by atoms with Gasteiger partial charge in [-0.2, -0.15) is 5.10 Å². The Labute approximate surface area is 111 Å². The van der Waals surface area contributed by atoms with E-state index in [0.29, 0.717) is 25.5 Å². The Morgan fingerprint density at radius 1 is 1.47 bits per heavy atom. The Balaban J connectivity index is 1.81. The summed E-state index contributed by atoms with van der Waals surface area (Å²) in [4.78, 5) is 12.2. The summed E-state index contributed by atoms with van der Waals surface area (Å²) in [6.45, 7) is 4.14. The highest BCUT2D eigenvalue weighted by atomic mass is 16.5. The van der Waals surface area contributed by atoms with Gasteiger partial charge in [0.25, 0.3) is 5.91 Å². The van der Waals surface area contributed by atoms with Crippen LogP contribution in [0.3, 0.4) is 0 Å². The molecule has 1 fully saturated rings. The first kappa shape index (κ1) is 12.2. The van der Waals surface area contributed by atoms with E-state index in [1.54, 1.807) is 4.68 Å². The topological polar surface area (TPSA) is 56.2 Å². The lowest BCUT2D eigenvalue weighted by Crippen LogP contribution is -2.48. The molecule has 100 valence electrons. The number of ether oxygens (including phenoxy) is 1. The molecular weight excluding hydrogens is 242 g/mol. The van der Waals surface area contributed by atoms with Gasteiger partial charge >= 0.3 is 0 Å². The minimum absolute atomic E-state index is 0.0697. The summed E-state index contributed by atoms with van der Waals surface area (Å²) in [5, 5.41) is 8.15. The number of benzene rings is 1. The largest absolute Gasteiger partial charge is 0.380 e. The highest BCUT2D eigenvalue weighted by Gasteiger charge is 2.33. The number of aromatic nitrogens is 2. The second-order valence-electron chi connectivity index (χ2n) is 5.48. The van der Waals surface area contributed by atoms with Crippen molar-refractivity contribution < 1.29 is 9.53 Å². The van der Waals surface area contributed by atoms with E-state index < -0.39 is 0 Å². The van der Waals surface area contributed by atoms with Gasteiger partial charge in [0.1, 0.15) is 0 Å². The predicted molar refractivity (Wildman–Crippen MR) is 72.0 cm³/mol. The molecule has 1 N–H and O–H groups in total. The molecule has 1 aliphatic heterocycles. The monoisotopic (exact) mass is 259 g/mol. The van der Waals surface area contributed by atoms with Crippen molar-refractivity contribution >= 4 is 16.8 Å². The molecule has 0 aliphatic carbocycles. The van der Waals surface area contributed by atoms with Gasteiger partial charge in [-0.05, 0) is 6.07 Å². The average Bonchev–Trinajstić information content (AvgIpc) is 2.72. The number of fused-ring (bicyclic) bond motifs is 1. The van der Waals surface area contributed by atoms with Crippen LogP contribution in [-0.2, 0) is 11.8 Å². The molecular formula is C14H17N3O2. The van der Waals surface area contributed by atoms with E-state index in [2.05, 4.69) is 17.3 Å². The zero-order chi connectivity index (χ0) is 13.5. The van der Waals surface area contributed by atoms with Gasteiger partial charge in [-0.1, -0.05) is 25.1 Å². The highest BCUT2D eigenvalue weighted by molar-refractivity contribution is 6.04. The number of rotatable bonds is 3. The van der Waals surface area contributed by atoms with Crippen LogP contribution in [0.5, 0.6) is 0 Å². The van der Waals surface area contributed by atoms with Crippen LogP contribution in [0.1, 0.15) is 17.4 Å². The molecule has 1 aromatic heterocycles. The second kappa shape index (κ2) is 4.35. The molecule has 0 unspecified atom stereocenters. The summed E-state index contributed by atoms with van der Waals surface area (Å²) < 4.78 is 6.91. The van der Waals surface area contributed by atoms with Crippen LogP contribution in [0.2, 0.25) is 0 Å². The third kappa shape index (κ3) is 2.10. The van der Waals surface area contributed by atoms with Crippen molar-refractivity contribution in [2.45, 2.75) is 6.92 Å². The summed E-state index contributed by atoms with van der Waals surface area (Å²) in [6.07, 6.45) is 0. The van der Waals surface area contributed by atoms with Crippen LogP contribution in [-0.4, -0.2) is 35.4 Å². The van der Waals surface area contributed by atoms with Crippen LogP contribution in [0.25, 0.3) is 10.9 Å². The molecule has 0 atom stereocenters. The first-order valence-corrected chi connectivity index (χ1v) is 6.37. The van der Waals surface area contributed by atoms with Crippen molar-refractivity contribution in [1.82, 2.24) is 15.1 Å². The first-order valence-electron chi connectivity index (χ1n) is 6.37. The number of nitrogens with one attached hydrogen (secondary N) is 1. The maximum atomic E-state index is 12.2. The number of nitrogens with zero attached hydrogens (tertiary/aromatic N) is 2. The lowest BCUT2D eigenvalue weighted by Gasteiger charge is -2.37. The van der Waals surface area contributed by atoms with Crippen molar-refractivity contribution in [1.29, 1.82) is 0 Å². The summed E-state index contributed by atoms with van der Waals surface area (Å²) in [7, 11) is 1.85. The molecule has 2 aromatic rings. The van der Waals surface area contributed by atoms with Gasteiger partial charge in [0.05, 0.1) is 18.7 Å². The molecule has 3 rings (SSSR count). The molecule has 1 aliphatic rings. The van der Waals surface area contributed by atoms with Gasteiger partial charge < -0.3 is 10.1 Å². The molecule has 0 bridgehead atoms. The first-order chi connectivity index (χ1) is 9.09. The maximum Gasteiger partial charge on any atom is 0.272 e. The van der Waals surface area contributed by atoms with E-state index >= 15 is 0 Å². The standard InChI is InChI=1S/C14H17N3O2/c1-14(8-19-9-14)7-15-13(18)12-10-5-3-4-6-11(10)17(2)16-12/h3-6H,7-9H2,1-2H3,(H,15,18). The number of hydrogen-bond donors (Lipinski definition) is 1. The lowest BCUT2D eigenvalue weighted by molar-refractivity contribution is -0.0978. The smallest absolute Gasteiger partial charge is 0.272 e. The Hall–Kier alpha value is -1.88. The highest BCUT2D eigenvalue weighted by Crippen LogP contribution is 2.25. The Kier molecular flexibility index (Phi) is 2.78. The number of para-hydroxylation sites is 1. The van der Waals surface area contributed by atoms with Crippen LogP contribution in [0, 0.1) is 5.41 Å². The predicted octanol–water partition coefficient (Wildman–Crippen LogP) is 1.34. The van der Waals surface area contributed by atoms with Gasteiger partial charge in [-0.3, -0.25) is 9.48 Å². The van der Waals surface area contributed by atoms with Gasteiger partial charge in [0, 0.05) is 24.4 Å². The average molecular weight is 259 g/mol. The molecule has 0 spiro atoms. The van der Waals surface area contributed by atoms with Crippen molar-refractivity contribution in [2.75, 3.05) is 19.8 Å². The molecule has 19 heavy (non-hydrogen) atoms. The Morgan fingerprint density at radius 3 is 2.89 bits per heavy atom. The summed E-state index contributed by atoms with van der Waals surface area (Å²) in [5.41, 5.74) is 1.52. The number of hydrogen-bond acceptors (Lipinski definition) is 3. The number of carbonyl (C=O) groups excluding carboxylic acids is 1. The maximum absolute atomic E-state index is 12.2. The van der Waals surface area contributed by atoms with Gasteiger partial charge in [-0.15, -0.1) is 0 Å². The molecule has 1 amide bonds. The third-order valence-electron chi connectivity index (χ3n) is 3.55. The van der Waals surface area contributed by atoms with Gasteiger partial charge in [0.2, 0.25) is 0 Å². The van der Waals surface area contributed by atoms with E-state index in [9.17, 15) is 4.79 Å². The SMILES string of the molecule is Cn1nc(C(=O)NCC2(C)COC2)c2ccccc21. The van der Waals surface area contributed by atoms with Crippen LogP contribution >= 0.6 is 0 Å². The van der Waals surface area contributed by atoms with Gasteiger partial charge in [0.15, 0.2) is 5.69 Å². The van der Waals surface area contributed by atoms with Crippen molar-refractivity contribution in [3.05, 3.63) is 30.0 Å². The molecule has 2 heterocycles. The fourth-order valence-electron chi connectivity index (χ4n) is 2.31. The molecule has 5 heteroatoms. The zero-order valence-electron chi connectivity index (χ0n) is 11.1. The van der Waals surface area contributed by atoms with Gasteiger partial charge in [-0.25, -0.2) is 0 Å². The van der Waals surface area contributed by atoms with E-state index in [1.165, 1.54) is 0 Å². The summed E-state index contributed by atoms with van der Waals surface area (Å²) in [5.74, 6) is -0.120. The molecule has 1 aromatic carbocycles. The number of aryl methyl sites for hydroxylation is 1. The Bertz CT molecular complexity index is 629. The summed E-state index contributed by atoms with van der Waals surface area (Å²) in [6, 6.07) is 7.74. The van der Waals surface area contributed by atoms with Crippen molar-refractivity contribution in [3.63, 3.8) is 0 Å². The normalized spacial score (nSPS) is 17.2. The van der Waals surface area contributed by atoms with Crippen LogP contribution in [0.15, 0.2) is 24.3 Å². The third-order valence-corrected chi connectivity index (χ3v) is 3.55. The quantitative estimate of drug-likeness (QED) is 0.905. The minimum Gasteiger partial charge on any atom is -0.380 e. The van der Waals surface area contributed by atoms with E-state index in [0.717, 1.165) is 10.9 Å². The zero-order valence-corrected chi connectivity index (χ0v) is 11.1. The van der Waals surface area contributed by atoms with Crippen LogP contribution in [0.4, 0.5) is 0 Å². The fourth-order valence-corrected chi connectivity index (χ4v) is 2.31. The van der Waals surface area contributed by atoms with Crippen LogP contribution < -0.4 is 5.32 Å². The van der Waals surface area contributed by atoms with E-state index in [4.69, 9.17) is 4.74 Å². The molecule has 0 saturated carbocycles. The lowest BCUT2D eigenvalue weighted by atomic mass is 9.89. The van der Waals surface area contributed by atoms with E-state index in [1.807, 2.05) is 31.3 Å². The molecule has 1 saturated heterocycles. The minimum atomic E-state index is -0.120. The van der Waals surface area contributed by atoms with Crippen molar-refractivity contribution in [3.8, 4) is 0 Å². The van der Waals surface area contributed by atoms with E-state index in [-0.39, 0.29) is 11.3 Å². The molecule has 0 radical (unpaired) electrons. The summed E-state index contributed by atoms with van der Waals surface area (Å²) >= 11 is 0. The number of carbonyl (C=O) groups is 1. The fraction of sp³-hybridized carbons (Fsp3) is 0.429. The Morgan fingerprint density at radius 2 is 2.21 bits per heavy atom. The second-order valence-corrected chi connectivity index (χ2v) is 5.48. The van der Waals surface area contributed by atoms with Crippen molar-refractivity contribution in [2.24, 2.45) is 12.5 Å².